The smallest absolute Gasteiger partial charge is 0.202 e. The van der Waals surface area contributed by atoms with Crippen LogP contribution in [-0.2, 0) is 5.92 Å². The van der Waals surface area contributed by atoms with Crippen molar-refractivity contribution in [2.45, 2.75) is 12.8 Å². The van der Waals surface area contributed by atoms with Crippen LogP contribution in [0.2, 0.25) is 0 Å². The van der Waals surface area contributed by atoms with E-state index in [9.17, 15) is 8.78 Å². The van der Waals surface area contributed by atoms with E-state index < -0.39 is 5.92 Å². The summed E-state index contributed by atoms with van der Waals surface area (Å²) in [6.07, 6.45) is 4.00. The highest BCUT2D eigenvalue weighted by Crippen LogP contribution is 2.36. The molecule has 0 atom stereocenters. The predicted molar refractivity (Wildman–Crippen MR) is 96.6 cm³/mol. The van der Waals surface area contributed by atoms with Gasteiger partial charge in [-0.3, -0.25) is 0 Å². The molecule has 0 fully saturated rings. The molecular formula is C20H15BrF2. The third-order valence-corrected chi connectivity index (χ3v) is 4.35. The van der Waals surface area contributed by atoms with Crippen molar-refractivity contribution in [2.24, 2.45) is 0 Å². The average Bonchev–Trinajstić information content (AvgIpc) is 2.52. The van der Waals surface area contributed by atoms with E-state index in [0.717, 1.165) is 28.8 Å². The van der Waals surface area contributed by atoms with Crippen LogP contribution in [0.25, 0.3) is 22.9 Å². The molecule has 0 heterocycles. The van der Waals surface area contributed by atoms with E-state index in [1.807, 2.05) is 60.7 Å². The summed E-state index contributed by atoms with van der Waals surface area (Å²) in [5.41, 5.74) is 2.09. The Morgan fingerprint density at radius 3 is 2.22 bits per heavy atom. The fraction of sp³-hybridized carbons (Fsp3) is 0.100. The Bertz CT molecular complexity index is 862. The Morgan fingerprint density at radius 2 is 1.52 bits per heavy atom. The van der Waals surface area contributed by atoms with Crippen molar-refractivity contribution < 1.29 is 8.78 Å². The number of hydrogen-bond donors (Lipinski definition) is 0. The minimum absolute atomic E-state index is 0.00851. The van der Waals surface area contributed by atoms with Crippen molar-refractivity contribution in [3.05, 3.63) is 81.8 Å². The van der Waals surface area contributed by atoms with Crippen LogP contribution in [0, 0.1) is 0 Å². The van der Waals surface area contributed by atoms with Crippen molar-refractivity contribution in [3.8, 4) is 0 Å². The number of halogens is 3. The van der Waals surface area contributed by atoms with Crippen LogP contribution >= 0.6 is 15.9 Å². The van der Waals surface area contributed by atoms with E-state index in [0.29, 0.717) is 4.47 Å². The van der Waals surface area contributed by atoms with Crippen LogP contribution < -0.4 is 0 Å². The molecule has 0 aromatic heterocycles. The van der Waals surface area contributed by atoms with E-state index in [1.165, 1.54) is 0 Å². The molecule has 0 aliphatic rings. The standard InChI is InChI=1S/C20H15BrF2/c1-20(22,23)18-12-17-11-15(9-10-16(17)13-19(18)21)8-7-14-5-3-2-4-6-14/h2-13H,1H3/b8-7+. The van der Waals surface area contributed by atoms with Crippen molar-refractivity contribution in [2.75, 3.05) is 0 Å². The summed E-state index contributed by atoms with van der Waals surface area (Å²) < 4.78 is 27.8. The zero-order chi connectivity index (χ0) is 16.4. The van der Waals surface area contributed by atoms with Gasteiger partial charge in [-0.05, 0) is 40.1 Å². The maximum Gasteiger partial charge on any atom is 0.271 e. The second-order valence-corrected chi connectivity index (χ2v) is 6.43. The van der Waals surface area contributed by atoms with Crippen LogP contribution in [0.15, 0.2) is 65.1 Å². The monoisotopic (exact) mass is 372 g/mol. The lowest BCUT2D eigenvalue weighted by atomic mass is 10.0. The molecule has 23 heavy (non-hydrogen) atoms. The van der Waals surface area contributed by atoms with Gasteiger partial charge in [-0.25, -0.2) is 8.78 Å². The van der Waals surface area contributed by atoms with Crippen LogP contribution in [0.1, 0.15) is 23.6 Å². The number of benzene rings is 3. The second-order valence-electron chi connectivity index (χ2n) is 5.57. The lowest BCUT2D eigenvalue weighted by Gasteiger charge is -2.14. The topological polar surface area (TPSA) is 0 Å². The molecule has 0 aliphatic heterocycles. The Kier molecular flexibility index (Phi) is 4.31. The lowest BCUT2D eigenvalue weighted by Crippen LogP contribution is -2.07. The molecule has 3 rings (SSSR count). The van der Waals surface area contributed by atoms with Crippen LogP contribution in [0.3, 0.4) is 0 Å². The Balaban J connectivity index is 2.01. The highest BCUT2D eigenvalue weighted by Gasteiger charge is 2.27. The number of fused-ring (bicyclic) bond motifs is 1. The van der Waals surface area contributed by atoms with Gasteiger partial charge in [0.2, 0.25) is 0 Å². The van der Waals surface area contributed by atoms with Crippen molar-refractivity contribution in [3.63, 3.8) is 0 Å². The molecule has 0 unspecified atom stereocenters. The minimum atomic E-state index is -2.87. The van der Waals surface area contributed by atoms with Gasteiger partial charge in [0.15, 0.2) is 0 Å². The van der Waals surface area contributed by atoms with Gasteiger partial charge in [-0.2, -0.15) is 0 Å². The van der Waals surface area contributed by atoms with Crippen LogP contribution in [0.4, 0.5) is 8.78 Å². The van der Waals surface area contributed by atoms with Crippen LogP contribution in [-0.4, -0.2) is 0 Å². The third kappa shape index (κ3) is 3.67. The Labute approximate surface area is 142 Å². The summed E-state index contributed by atoms with van der Waals surface area (Å²) in [6.45, 7) is 0.915. The van der Waals surface area contributed by atoms with Gasteiger partial charge in [0.25, 0.3) is 5.92 Å². The summed E-state index contributed by atoms with van der Waals surface area (Å²) in [5.74, 6) is -2.87. The molecule has 3 aromatic rings. The highest BCUT2D eigenvalue weighted by atomic mass is 79.9. The van der Waals surface area contributed by atoms with E-state index >= 15 is 0 Å². The molecule has 0 nitrogen and oxygen atoms in total. The lowest BCUT2D eigenvalue weighted by molar-refractivity contribution is 0.0168. The summed E-state index contributed by atoms with van der Waals surface area (Å²) in [4.78, 5) is 0. The third-order valence-electron chi connectivity index (χ3n) is 3.69. The summed E-state index contributed by atoms with van der Waals surface area (Å²) >= 11 is 3.24. The van der Waals surface area contributed by atoms with Gasteiger partial charge < -0.3 is 0 Å². The van der Waals surface area contributed by atoms with Gasteiger partial charge in [-0.1, -0.05) is 70.5 Å². The first-order valence-corrected chi connectivity index (χ1v) is 8.07. The van der Waals surface area contributed by atoms with Gasteiger partial charge in [0.1, 0.15) is 0 Å². The fourth-order valence-corrected chi connectivity index (χ4v) is 3.19. The Morgan fingerprint density at radius 1 is 0.826 bits per heavy atom. The molecule has 0 bridgehead atoms. The second kappa shape index (κ2) is 6.25. The van der Waals surface area contributed by atoms with Crippen molar-refractivity contribution in [1.29, 1.82) is 0 Å². The molecule has 116 valence electrons. The molecular weight excluding hydrogens is 358 g/mol. The van der Waals surface area contributed by atoms with Crippen LogP contribution in [0.5, 0.6) is 0 Å². The molecule has 0 radical (unpaired) electrons. The van der Waals surface area contributed by atoms with Gasteiger partial charge in [0, 0.05) is 17.0 Å². The quantitative estimate of drug-likeness (QED) is 0.439. The fourth-order valence-electron chi connectivity index (χ4n) is 2.49. The zero-order valence-electron chi connectivity index (χ0n) is 12.6. The molecule has 0 saturated carbocycles. The minimum Gasteiger partial charge on any atom is -0.202 e. The molecule has 3 heteroatoms. The molecule has 0 spiro atoms. The largest absolute Gasteiger partial charge is 0.271 e. The zero-order valence-corrected chi connectivity index (χ0v) is 14.1. The normalized spacial score (nSPS) is 12.2. The highest BCUT2D eigenvalue weighted by molar-refractivity contribution is 9.10. The first-order chi connectivity index (χ1) is 10.9. The summed E-state index contributed by atoms with van der Waals surface area (Å²) in [7, 11) is 0. The number of hydrogen-bond acceptors (Lipinski definition) is 0. The average molecular weight is 373 g/mol. The summed E-state index contributed by atoms with van der Waals surface area (Å²) in [5, 5.41) is 1.74. The summed E-state index contributed by atoms with van der Waals surface area (Å²) in [6, 6.07) is 19.1. The maximum atomic E-state index is 13.7. The molecule has 0 saturated heterocycles. The number of rotatable bonds is 3. The van der Waals surface area contributed by atoms with E-state index in [4.69, 9.17) is 0 Å². The number of alkyl halides is 2. The molecule has 0 amide bonds. The van der Waals surface area contributed by atoms with E-state index in [1.54, 1.807) is 12.1 Å². The van der Waals surface area contributed by atoms with Crippen molar-refractivity contribution in [1.82, 2.24) is 0 Å². The maximum absolute atomic E-state index is 13.7. The molecule has 0 N–H and O–H groups in total. The van der Waals surface area contributed by atoms with E-state index in [-0.39, 0.29) is 5.56 Å². The van der Waals surface area contributed by atoms with Gasteiger partial charge in [-0.15, -0.1) is 0 Å². The van der Waals surface area contributed by atoms with Gasteiger partial charge in [0.05, 0.1) is 0 Å². The Hall–Kier alpha value is -2.00. The molecule has 0 aliphatic carbocycles. The molecule has 3 aromatic carbocycles. The SMILES string of the molecule is CC(F)(F)c1cc2cc(/C=C/c3ccccc3)ccc2cc1Br. The first kappa shape index (κ1) is 15.9. The first-order valence-electron chi connectivity index (χ1n) is 7.28. The van der Waals surface area contributed by atoms with Crippen molar-refractivity contribution >= 4 is 38.9 Å². The van der Waals surface area contributed by atoms with Gasteiger partial charge >= 0.3 is 0 Å². The predicted octanol–water partition coefficient (Wildman–Crippen LogP) is 6.88. The van der Waals surface area contributed by atoms with E-state index in [2.05, 4.69) is 15.9 Å².